The highest BCUT2D eigenvalue weighted by molar-refractivity contribution is 9.10. The Kier molecular flexibility index (Phi) is 2.00. The van der Waals surface area contributed by atoms with Gasteiger partial charge in [-0.25, -0.2) is 0 Å². The molecule has 16 heavy (non-hydrogen) atoms. The molecule has 0 saturated carbocycles. The van der Waals surface area contributed by atoms with E-state index in [1.165, 1.54) is 0 Å². The maximum Gasteiger partial charge on any atom is 0.145 e. The number of aromatic nitrogens is 3. The molecule has 0 bridgehead atoms. The molecule has 0 spiro atoms. The van der Waals surface area contributed by atoms with Crippen molar-refractivity contribution in [3.63, 3.8) is 0 Å². The first kappa shape index (κ1) is 9.47. The summed E-state index contributed by atoms with van der Waals surface area (Å²) in [6.45, 7) is 0. The Morgan fingerprint density at radius 3 is 2.88 bits per heavy atom. The molecule has 3 rings (SSSR count). The van der Waals surface area contributed by atoms with Crippen LogP contribution in [0.25, 0.3) is 22.2 Å². The second-order valence-electron chi connectivity index (χ2n) is 3.60. The zero-order valence-electron chi connectivity index (χ0n) is 8.29. The van der Waals surface area contributed by atoms with E-state index in [4.69, 9.17) is 5.73 Å². The predicted molar refractivity (Wildman–Crippen MR) is 68.0 cm³/mol. The molecule has 4 nitrogen and oxygen atoms in total. The van der Waals surface area contributed by atoms with E-state index in [0.29, 0.717) is 5.82 Å². The van der Waals surface area contributed by atoms with E-state index in [0.717, 1.165) is 26.6 Å². The van der Waals surface area contributed by atoms with Crippen LogP contribution >= 0.6 is 15.9 Å². The fourth-order valence-corrected chi connectivity index (χ4v) is 2.16. The number of H-pyrrole nitrogens is 2. The summed E-state index contributed by atoms with van der Waals surface area (Å²) in [6.07, 6.45) is 1.95. The Labute approximate surface area is 100.0 Å². The third-order valence-corrected chi connectivity index (χ3v) is 3.02. The number of hydrogen-bond acceptors (Lipinski definition) is 2. The standard InChI is InChI=1S/C11H9BrN4/c12-6-1-2-7-8(5-14-9(7)3-6)10-4-11(13)16-15-10/h1-5,14H,(H3,13,15,16). The van der Waals surface area contributed by atoms with Crippen molar-refractivity contribution in [2.24, 2.45) is 0 Å². The van der Waals surface area contributed by atoms with Crippen molar-refractivity contribution in [1.82, 2.24) is 15.2 Å². The van der Waals surface area contributed by atoms with Gasteiger partial charge in [-0.15, -0.1) is 0 Å². The van der Waals surface area contributed by atoms with Crippen molar-refractivity contribution in [3.05, 3.63) is 34.9 Å². The molecule has 2 heterocycles. The Balaban J connectivity index is 2.25. The summed E-state index contributed by atoms with van der Waals surface area (Å²) in [4.78, 5) is 3.22. The molecular weight excluding hydrogens is 268 g/mol. The van der Waals surface area contributed by atoms with Gasteiger partial charge in [0.15, 0.2) is 0 Å². The molecule has 80 valence electrons. The lowest BCUT2D eigenvalue weighted by Crippen LogP contribution is -1.81. The van der Waals surface area contributed by atoms with Crippen molar-refractivity contribution >= 4 is 32.7 Å². The van der Waals surface area contributed by atoms with Gasteiger partial charge >= 0.3 is 0 Å². The first-order valence-electron chi connectivity index (χ1n) is 4.82. The fourth-order valence-electron chi connectivity index (χ4n) is 1.80. The first-order chi connectivity index (χ1) is 7.74. The van der Waals surface area contributed by atoms with Gasteiger partial charge in [-0.2, -0.15) is 5.10 Å². The maximum absolute atomic E-state index is 5.59. The molecule has 4 N–H and O–H groups in total. The molecular formula is C11H9BrN4. The SMILES string of the molecule is Nc1cc(-c2c[nH]c3cc(Br)ccc23)[nH]n1. The lowest BCUT2D eigenvalue weighted by Gasteiger charge is -1.95. The zero-order chi connectivity index (χ0) is 11.1. The molecule has 0 saturated heterocycles. The van der Waals surface area contributed by atoms with Crippen molar-refractivity contribution in [2.45, 2.75) is 0 Å². The van der Waals surface area contributed by atoms with Crippen LogP contribution in [0.5, 0.6) is 0 Å². The van der Waals surface area contributed by atoms with E-state index in [1.54, 1.807) is 0 Å². The van der Waals surface area contributed by atoms with Gasteiger partial charge < -0.3 is 10.7 Å². The molecule has 0 atom stereocenters. The minimum Gasteiger partial charge on any atom is -0.382 e. The second kappa shape index (κ2) is 3.38. The van der Waals surface area contributed by atoms with Gasteiger partial charge in [0.1, 0.15) is 5.82 Å². The van der Waals surface area contributed by atoms with Crippen LogP contribution in [0, 0.1) is 0 Å². The Morgan fingerprint density at radius 2 is 2.12 bits per heavy atom. The number of nitrogens with zero attached hydrogens (tertiary/aromatic N) is 1. The number of rotatable bonds is 1. The molecule has 0 radical (unpaired) electrons. The summed E-state index contributed by atoms with van der Waals surface area (Å²) in [7, 11) is 0. The fraction of sp³-hybridized carbons (Fsp3) is 0. The van der Waals surface area contributed by atoms with Crippen LogP contribution in [0.2, 0.25) is 0 Å². The van der Waals surface area contributed by atoms with Gasteiger partial charge in [0, 0.05) is 33.2 Å². The van der Waals surface area contributed by atoms with Crippen LogP contribution < -0.4 is 5.73 Å². The Hall–Kier alpha value is -1.75. The number of hydrogen-bond donors (Lipinski definition) is 3. The maximum atomic E-state index is 5.59. The minimum atomic E-state index is 0.501. The summed E-state index contributed by atoms with van der Waals surface area (Å²) in [5.74, 6) is 0.501. The molecule has 0 aliphatic heterocycles. The van der Waals surface area contributed by atoms with E-state index in [1.807, 2.05) is 24.4 Å². The predicted octanol–water partition coefficient (Wildman–Crippen LogP) is 2.90. The summed E-state index contributed by atoms with van der Waals surface area (Å²) >= 11 is 3.44. The molecule has 0 aliphatic carbocycles. The summed E-state index contributed by atoms with van der Waals surface area (Å²) in [6, 6.07) is 7.94. The zero-order valence-corrected chi connectivity index (χ0v) is 9.88. The number of nitrogens with one attached hydrogen (secondary N) is 2. The molecule has 0 amide bonds. The van der Waals surface area contributed by atoms with Crippen molar-refractivity contribution in [1.29, 1.82) is 0 Å². The van der Waals surface area contributed by atoms with Crippen LogP contribution in [0.1, 0.15) is 0 Å². The van der Waals surface area contributed by atoms with Crippen molar-refractivity contribution in [3.8, 4) is 11.3 Å². The monoisotopic (exact) mass is 276 g/mol. The lowest BCUT2D eigenvalue weighted by atomic mass is 10.1. The molecule has 1 aromatic carbocycles. The van der Waals surface area contributed by atoms with Gasteiger partial charge in [-0.1, -0.05) is 22.0 Å². The van der Waals surface area contributed by atoms with Crippen LogP contribution in [-0.4, -0.2) is 15.2 Å². The van der Waals surface area contributed by atoms with Crippen LogP contribution in [0.4, 0.5) is 5.82 Å². The van der Waals surface area contributed by atoms with Gasteiger partial charge in [-0.05, 0) is 12.1 Å². The normalized spacial score (nSPS) is 11.1. The Morgan fingerprint density at radius 1 is 1.25 bits per heavy atom. The molecule has 0 aliphatic rings. The van der Waals surface area contributed by atoms with Gasteiger partial charge in [0.2, 0.25) is 0 Å². The van der Waals surface area contributed by atoms with Crippen molar-refractivity contribution < 1.29 is 0 Å². The van der Waals surface area contributed by atoms with Gasteiger partial charge in [0.25, 0.3) is 0 Å². The topological polar surface area (TPSA) is 70.5 Å². The highest BCUT2D eigenvalue weighted by Crippen LogP contribution is 2.29. The number of nitrogen functional groups attached to an aromatic ring is 1. The second-order valence-corrected chi connectivity index (χ2v) is 4.51. The average Bonchev–Trinajstić information content (AvgIpc) is 2.83. The van der Waals surface area contributed by atoms with E-state index in [-0.39, 0.29) is 0 Å². The molecule has 2 aromatic heterocycles. The lowest BCUT2D eigenvalue weighted by molar-refractivity contribution is 1.10. The van der Waals surface area contributed by atoms with E-state index in [9.17, 15) is 0 Å². The van der Waals surface area contributed by atoms with Gasteiger partial charge in [0.05, 0.1) is 5.69 Å². The number of aromatic amines is 2. The molecule has 3 aromatic rings. The first-order valence-corrected chi connectivity index (χ1v) is 5.61. The number of fused-ring (bicyclic) bond motifs is 1. The number of halogens is 1. The van der Waals surface area contributed by atoms with Crippen LogP contribution in [0.15, 0.2) is 34.9 Å². The van der Waals surface area contributed by atoms with Crippen LogP contribution in [-0.2, 0) is 0 Å². The number of nitrogens with two attached hydrogens (primary N) is 1. The highest BCUT2D eigenvalue weighted by atomic mass is 79.9. The molecule has 0 unspecified atom stereocenters. The van der Waals surface area contributed by atoms with E-state index >= 15 is 0 Å². The average molecular weight is 277 g/mol. The van der Waals surface area contributed by atoms with Crippen molar-refractivity contribution in [2.75, 3.05) is 5.73 Å². The summed E-state index contributed by atoms with van der Waals surface area (Å²) < 4.78 is 1.05. The largest absolute Gasteiger partial charge is 0.382 e. The van der Waals surface area contributed by atoms with Crippen LogP contribution in [0.3, 0.4) is 0 Å². The summed E-state index contributed by atoms with van der Waals surface area (Å²) in [5.41, 5.74) is 8.67. The highest BCUT2D eigenvalue weighted by Gasteiger charge is 2.08. The molecule has 0 fully saturated rings. The minimum absolute atomic E-state index is 0.501. The third kappa shape index (κ3) is 1.40. The van der Waals surface area contributed by atoms with E-state index in [2.05, 4.69) is 37.2 Å². The van der Waals surface area contributed by atoms with E-state index < -0.39 is 0 Å². The Bertz CT molecular complexity index is 653. The third-order valence-electron chi connectivity index (χ3n) is 2.53. The summed E-state index contributed by atoms with van der Waals surface area (Å²) in [5, 5.41) is 7.98. The number of benzene rings is 1. The quantitative estimate of drug-likeness (QED) is 0.640. The molecule has 5 heteroatoms. The smallest absolute Gasteiger partial charge is 0.145 e. The van der Waals surface area contributed by atoms with Gasteiger partial charge in [-0.3, -0.25) is 5.10 Å². The number of anilines is 1.